The fraction of sp³-hybridized carbons (Fsp3) is 0.150. The molecule has 1 aliphatic rings. The third-order valence-electron chi connectivity index (χ3n) is 3.85. The van der Waals surface area contributed by atoms with Gasteiger partial charge in [0.15, 0.2) is 12.4 Å². The number of fused-ring (bicyclic) bond motifs is 1. The number of hydrogen-bond donors (Lipinski definition) is 1. The number of rotatable bonds is 7. The zero-order chi connectivity index (χ0) is 20.1. The van der Waals surface area contributed by atoms with Crippen molar-refractivity contribution in [2.45, 2.75) is 0 Å². The van der Waals surface area contributed by atoms with Crippen molar-refractivity contribution in [1.29, 1.82) is 0 Å². The molecule has 0 aliphatic carbocycles. The maximum atomic E-state index is 12.5. The highest BCUT2D eigenvalue weighted by molar-refractivity contribution is 6.14. The molecule has 8 heteroatoms. The quantitative estimate of drug-likeness (QED) is 0.696. The van der Waals surface area contributed by atoms with Crippen molar-refractivity contribution < 1.29 is 33.7 Å². The number of allylic oxidation sites excluding steroid dienone is 1. The lowest BCUT2D eigenvalue weighted by molar-refractivity contribution is -0.304. The number of carboxylic acid groups (broad SMARTS) is 1. The van der Waals surface area contributed by atoms with Crippen molar-refractivity contribution in [3.8, 4) is 17.2 Å². The van der Waals surface area contributed by atoms with Crippen LogP contribution in [-0.2, 0) is 9.59 Å². The van der Waals surface area contributed by atoms with E-state index in [-0.39, 0.29) is 18.1 Å². The molecule has 2 aromatic carbocycles. The number of aliphatic carboxylic acids is 1. The van der Waals surface area contributed by atoms with E-state index < -0.39 is 18.4 Å². The van der Waals surface area contributed by atoms with Crippen LogP contribution in [0, 0.1) is 0 Å². The number of ether oxygens (including phenoxy) is 3. The molecule has 1 heterocycles. The second-order valence-corrected chi connectivity index (χ2v) is 5.81. The van der Waals surface area contributed by atoms with E-state index >= 15 is 0 Å². The Morgan fingerprint density at radius 1 is 1.14 bits per heavy atom. The molecule has 1 N–H and O–H groups in total. The zero-order valence-electron chi connectivity index (χ0n) is 14.9. The predicted octanol–water partition coefficient (Wildman–Crippen LogP) is 0.556. The summed E-state index contributed by atoms with van der Waals surface area (Å²) in [4.78, 5) is 34.2. The molecule has 0 saturated carbocycles. The highest BCUT2D eigenvalue weighted by atomic mass is 16.5. The molecule has 144 valence electrons. The number of amides is 1. The van der Waals surface area contributed by atoms with Gasteiger partial charge in [0.25, 0.3) is 5.91 Å². The second-order valence-electron chi connectivity index (χ2n) is 5.81. The average Bonchev–Trinajstić information content (AvgIpc) is 3.00. The van der Waals surface area contributed by atoms with Gasteiger partial charge in [0.05, 0.1) is 25.2 Å². The van der Waals surface area contributed by atoms with Crippen molar-refractivity contribution in [1.82, 2.24) is 5.32 Å². The summed E-state index contributed by atoms with van der Waals surface area (Å²) in [5, 5.41) is 12.4. The minimum absolute atomic E-state index is 0.170. The van der Waals surface area contributed by atoms with Gasteiger partial charge in [0.1, 0.15) is 17.2 Å². The second kappa shape index (κ2) is 8.26. The third-order valence-corrected chi connectivity index (χ3v) is 3.85. The van der Waals surface area contributed by atoms with Gasteiger partial charge in [0, 0.05) is 6.07 Å². The Morgan fingerprint density at radius 2 is 1.86 bits per heavy atom. The minimum atomic E-state index is -1.39. The lowest BCUT2D eigenvalue weighted by Crippen LogP contribution is -2.39. The molecule has 28 heavy (non-hydrogen) atoms. The Balaban J connectivity index is 1.67. The first-order valence-electron chi connectivity index (χ1n) is 8.28. The molecule has 1 aliphatic heterocycles. The summed E-state index contributed by atoms with van der Waals surface area (Å²) in [5.74, 6) is -0.767. The van der Waals surface area contributed by atoms with Crippen molar-refractivity contribution in [2.24, 2.45) is 0 Å². The third kappa shape index (κ3) is 4.47. The van der Waals surface area contributed by atoms with Gasteiger partial charge in [-0.25, -0.2) is 0 Å². The summed E-state index contributed by atoms with van der Waals surface area (Å²) in [6.45, 7) is -0.974. The molecular formula is C20H16NO7-. The lowest BCUT2D eigenvalue weighted by Gasteiger charge is -2.08. The Bertz CT molecular complexity index is 948. The van der Waals surface area contributed by atoms with E-state index in [0.717, 1.165) is 5.56 Å². The molecule has 3 rings (SSSR count). The van der Waals surface area contributed by atoms with Gasteiger partial charge in [-0.3, -0.25) is 9.59 Å². The van der Waals surface area contributed by atoms with Crippen LogP contribution in [0.4, 0.5) is 0 Å². The first-order valence-corrected chi connectivity index (χ1v) is 8.28. The van der Waals surface area contributed by atoms with Gasteiger partial charge in [0.2, 0.25) is 5.78 Å². The first kappa shape index (κ1) is 19.0. The lowest BCUT2D eigenvalue weighted by atomic mass is 10.1. The number of hydrogen-bond acceptors (Lipinski definition) is 7. The van der Waals surface area contributed by atoms with Crippen LogP contribution < -0.4 is 24.6 Å². The molecule has 1 amide bonds. The van der Waals surface area contributed by atoms with Gasteiger partial charge in [-0.2, -0.15) is 0 Å². The van der Waals surface area contributed by atoms with E-state index in [9.17, 15) is 19.5 Å². The van der Waals surface area contributed by atoms with Gasteiger partial charge >= 0.3 is 0 Å². The smallest absolute Gasteiger partial charge is 0.258 e. The van der Waals surface area contributed by atoms with E-state index in [1.165, 1.54) is 12.1 Å². The Labute approximate surface area is 160 Å². The van der Waals surface area contributed by atoms with Crippen molar-refractivity contribution >= 4 is 23.7 Å². The van der Waals surface area contributed by atoms with Crippen LogP contribution in [0.1, 0.15) is 15.9 Å². The highest BCUT2D eigenvalue weighted by Gasteiger charge is 2.27. The SMILES string of the molecule is COc1ccc(/C=C2\Oc3cc(OCC(=O)NCC(=O)[O-])ccc3C2=O)cc1. The van der Waals surface area contributed by atoms with Gasteiger partial charge in [-0.15, -0.1) is 0 Å². The summed E-state index contributed by atoms with van der Waals surface area (Å²) >= 11 is 0. The van der Waals surface area contributed by atoms with Crippen LogP contribution in [0.5, 0.6) is 17.2 Å². The molecule has 0 aromatic heterocycles. The number of carbonyl (C=O) groups excluding carboxylic acids is 3. The van der Waals surface area contributed by atoms with Crippen LogP contribution in [-0.4, -0.2) is 37.9 Å². The van der Waals surface area contributed by atoms with Crippen LogP contribution in [0.3, 0.4) is 0 Å². The van der Waals surface area contributed by atoms with Crippen LogP contribution in [0.25, 0.3) is 6.08 Å². The summed E-state index contributed by atoms with van der Waals surface area (Å²) in [6.07, 6.45) is 1.62. The van der Waals surface area contributed by atoms with E-state index in [2.05, 4.69) is 5.32 Å². The number of carboxylic acids is 1. The standard InChI is InChI=1S/C20H17NO7/c1-26-13-4-2-12(3-5-13)8-17-20(25)15-7-6-14(9-16(15)28-17)27-11-18(22)21-10-19(23)24/h2-9H,10-11H2,1H3,(H,21,22)(H,23,24)/p-1/b17-8-. The van der Waals surface area contributed by atoms with Crippen molar-refractivity contribution in [3.63, 3.8) is 0 Å². The molecule has 0 saturated heterocycles. The molecule has 8 nitrogen and oxygen atoms in total. The summed E-state index contributed by atoms with van der Waals surface area (Å²) in [6, 6.07) is 11.7. The molecular weight excluding hydrogens is 366 g/mol. The summed E-state index contributed by atoms with van der Waals surface area (Å²) in [7, 11) is 1.57. The van der Waals surface area contributed by atoms with E-state index in [4.69, 9.17) is 14.2 Å². The zero-order valence-corrected chi connectivity index (χ0v) is 14.9. The fourth-order valence-corrected chi connectivity index (χ4v) is 2.48. The largest absolute Gasteiger partial charge is 0.548 e. The number of carbonyl (C=O) groups is 3. The van der Waals surface area contributed by atoms with Crippen molar-refractivity contribution in [2.75, 3.05) is 20.3 Å². The van der Waals surface area contributed by atoms with E-state index in [1.807, 2.05) is 0 Å². The number of benzene rings is 2. The predicted molar refractivity (Wildman–Crippen MR) is 95.9 cm³/mol. The Morgan fingerprint density at radius 3 is 2.54 bits per heavy atom. The van der Waals surface area contributed by atoms with E-state index in [1.54, 1.807) is 43.5 Å². The Hall–Kier alpha value is -3.81. The molecule has 0 bridgehead atoms. The topological polar surface area (TPSA) is 114 Å². The van der Waals surface area contributed by atoms with Crippen LogP contribution >= 0.6 is 0 Å². The molecule has 0 spiro atoms. The van der Waals surface area contributed by atoms with E-state index in [0.29, 0.717) is 22.8 Å². The molecule has 0 fully saturated rings. The highest BCUT2D eigenvalue weighted by Crippen LogP contribution is 2.35. The maximum Gasteiger partial charge on any atom is 0.258 e. The molecule has 0 radical (unpaired) electrons. The number of ketones is 1. The van der Waals surface area contributed by atoms with Gasteiger partial charge < -0.3 is 29.4 Å². The number of nitrogens with one attached hydrogen (secondary N) is 1. The minimum Gasteiger partial charge on any atom is -0.548 e. The van der Waals surface area contributed by atoms with Crippen molar-refractivity contribution in [3.05, 3.63) is 59.4 Å². The normalized spacial score (nSPS) is 13.6. The number of methoxy groups -OCH3 is 1. The summed E-state index contributed by atoms with van der Waals surface area (Å²) in [5.41, 5.74) is 1.16. The molecule has 0 atom stereocenters. The molecule has 0 unspecified atom stereocenters. The maximum absolute atomic E-state index is 12.5. The number of Topliss-reactive ketones (excluding diaryl/α,β-unsaturated/α-hetero) is 1. The van der Waals surface area contributed by atoms with Crippen LogP contribution in [0.15, 0.2) is 48.2 Å². The van der Waals surface area contributed by atoms with Gasteiger partial charge in [-0.1, -0.05) is 12.1 Å². The average molecular weight is 382 g/mol. The monoisotopic (exact) mass is 382 g/mol. The Kier molecular flexibility index (Phi) is 5.59. The molecule has 2 aromatic rings. The fourth-order valence-electron chi connectivity index (χ4n) is 2.48. The van der Waals surface area contributed by atoms with Crippen LogP contribution in [0.2, 0.25) is 0 Å². The summed E-state index contributed by atoms with van der Waals surface area (Å²) < 4.78 is 16.0. The first-order chi connectivity index (χ1) is 13.5. The van der Waals surface area contributed by atoms with Gasteiger partial charge in [-0.05, 0) is 35.9 Å².